The molecule has 0 heterocycles. The zero-order chi connectivity index (χ0) is 9.30. The Hall–Kier alpha value is 0.520. The van der Waals surface area contributed by atoms with Crippen LogP contribution in [0.2, 0.25) is 0 Å². The first kappa shape index (κ1) is 10.6. The number of rotatable bonds is 1. The maximum atomic E-state index is 4.67. The van der Waals surface area contributed by atoms with Crippen LogP contribution in [0.3, 0.4) is 0 Å². The molecule has 0 radical (unpaired) electrons. The van der Waals surface area contributed by atoms with Crippen LogP contribution in [-0.4, -0.2) is 10.9 Å². The first-order chi connectivity index (χ1) is 5.52. The average Bonchev–Trinajstić information content (AvgIpc) is 1.96. The van der Waals surface area contributed by atoms with Crippen molar-refractivity contribution < 1.29 is 0 Å². The third kappa shape index (κ3) is 2.26. The van der Waals surface area contributed by atoms with Gasteiger partial charge in [-0.15, -0.1) is 9.24 Å². The Morgan fingerprint density at radius 1 is 1.58 bits per heavy atom. The second-order valence-electron chi connectivity index (χ2n) is 4.19. The van der Waals surface area contributed by atoms with Gasteiger partial charge < -0.3 is 0 Å². The first-order valence-electron chi connectivity index (χ1n) is 4.63. The van der Waals surface area contributed by atoms with Crippen molar-refractivity contribution in [3.63, 3.8) is 0 Å². The molecule has 2 heteroatoms. The van der Waals surface area contributed by atoms with Gasteiger partial charge in [-0.2, -0.15) is 12.6 Å². The van der Waals surface area contributed by atoms with Crippen molar-refractivity contribution in [3.05, 3.63) is 11.6 Å². The van der Waals surface area contributed by atoms with Gasteiger partial charge >= 0.3 is 0 Å². The highest BCUT2D eigenvalue weighted by atomic mass is 32.1. The van der Waals surface area contributed by atoms with Crippen LogP contribution in [0.25, 0.3) is 0 Å². The van der Waals surface area contributed by atoms with Crippen molar-refractivity contribution in [2.75, 3.05) is 0 Å². The fraction of sp³-hybridized carbons (Fsp3) is 0.800. The zero-order valence-electron chi connectivity index (χ0n) is 8.12. The van der Waals surface area contributed by atoms with Gasteiger partial charge in [-0.1, -0.05) is 25.5 Å². The molecule has 0 aromatic rings. The summed E-state index contributed by atoms with van der Waals surface area (Å²) in [5.74, 6) is 1.37. The van der Waals surface area contributed by atoms with E-state index in [2.05, 4.69) is 48.7 Å². The summed E-state index contributed by atoms with van der Waals surface area (Å²) in [6, 6.07) is 0. The lowest BCUT2D eigenvalue weighted by atomic mass is 9.83. The molecule has 12 heavy (non-hydrogen) atoms. The summed E-state index contributed by atoms with van der Waals surface area (Å²) >= 11 is 4.67. The van der Waals surface area contributed by atoms with E-state index in [9.17, 15) is 0 Å². The number of thiol groups is 1. The lowest BCUT2D eigenvalue weighted by molar-refractivity contribution is 0.424. The van der Waals surface area contributed by atoms with Gasteiger partial charge in [0.1, 0.15) is 0 Å². The van der Waals surface area contributed by atoms with Crippen LogP contribution in [0.4, 0.5) is 0 Å². The molecule has 0 bridgehead atoms. The Balaban J connectivity index is 2.77. The van der Waals surface area contributed by atoms with Crippen molar-refractivity contribution in [1.82, 2.24) is 0 Å². The van der Waals surface area contributed by atoms with Gasteiger partial charge in [-0.05, 0) is 30.8 Å². The zero-order valence-corrected chi connectivity index (χ0v) is 10.2. The van der Waals surface area contributed by atoms with Gasteiger partial charge in [-0.3, -0.25) is 0 Å². The molecule has 0 spiro atoms. The van der Waals surface area contributed by atoms with E-state index in [0.717, 1.165) is 0 Å². The molecule has 0 amide bonds. The second kappa shape index (κ2) is 4.15. The fourth-order valence-electron chi connectivity index (χ4n) is 1.86. The molecule has 70 valence electrons. The monoisotopic (exact) mass is 202 g/mol. The van der Waals surface area contributed by atoms with Crippen LogP contribution in [0.15, 0.2) is 11.6 Å². The van der Waals surface area contributed by atoms with Crippen molar-refractivity contribution in [2.45, 2.75) is 38.1 Å². The molecule has 1 rings (SSSR count). The van der Waals surface area contributed by atoms with E-state index in [-0.39, 0.29) is 0 Å². The van der Waals surface area contributed by atoms with E-state index in [0.29, 0.717) is 22.7 Å². The van der Waals surface area contributed by atoms with Crippen molar-refractivity contribution >= 4 is 21.9 Å². The Labute approximate surface area is 83.8 Å². The summed E-state index contributed by atoms with van der Waals surface area (Å²) in [7, 11) is 2.92. The Morgan fingerprint density at radius 2 is 2.17 bits per heavy atom. The molecule has 0 fully saturated rings. The van der Waals surface area contributed by atoms with Gasteiger partial charge in [0.25, 0.3) is 0 Å². The van der Waals surface area contributed by atoms with E-state index in [1.54, 1.807) is 0 Å². The van der Waals surface area contributed by atoms with E-state index >= 15 is 0 Å². The molecular formula is C10H19PS. The molecular weight excluding hydrogens is 183 g/mol. The molecule has 4 atom stereocenters. The van der Waals surface area contributed by atoms with Gasteiger partial charge in [0.2, 0.25) is 0 Å². The van der Waals surface area contributed by atoms with Gasteiger partial charge in [0.15, 0.2) is 0 Å². The fourth-order valence-corrected chi connectivity index (χ4v) is 3.02. The molecule has 0 nitrogen and oxygen atoms in total. The normalized spacial score (nSPS) is 36.8. The highest BCUT2D eigenvalue weighted by Crippen LogP contribution is 2.35. The highest BCUT2D eigenvalue weighted by Gasteiger charge is 2.28. The van der Waals surface area contributed by atoms with Crippen molar-refractivity contribution in [3.8, 4) is 0 Å². The third-order valence-electron chi connectivity index (χ3n) is 2.64. The minimum atomic E-state index is 0.527. The van der Waals surface area contributed by atoms with Gasteiger partial charge in [0.05, 0.1) is 0 Å². The molecule has 1 aliphatic rings. The van der Waals surface area contributed by atoms with Crippen LogP contribution in [-0.2, 0) is 0 Å². The molecule has 0 aliphatic heterocycles. The standard InChI is InChI=1S/C10H19PS/c1-6(2)8-4-7(3)5-9(11)10(8)12/h4,6,8-10,12H,5,11H2,1-3H3. The van der Waals surface area contributed by atoms with Gasteiger partial charge in [-0.25, -0.2) is 0 Å². The van der Waals surface area contributed by atoms with E-state index < -0.39 is 0 Å². The SMILES string of the molecule is CC1=CC(C(C)C)C(S)C(P)C1. The molecule has 0 aromatic heterocycles. The van der Waals surface area contributed by atoms with Crippen LogP contribution in [0.1, 0.15) is 27.2 Å². The predicted molar refractivity (Wildman–Crippen MR) is 63.0 cm³/mol. The molecule has 4 unspecified atom stereocenters. The first-order valence-corrected chi connectivity index (χ1v) is 5.81. The Kier molecular flexibility index (Phi) is 3.67. The molecule has 0 N–H and O–H groups in total. The maximum absolute atomic E-state index is 4.67. The number of hydrogen-bond donors (Lipinski definition) is 1. The lowest BCUT2D eigenvalue weighted by Crippen LogP contribution is -2.31. The van der Waals surface area contributed by atoms with Gasteiger partial charge in [0, 0.05) is 5.25 Å². The summed E-state index contributed by atoms with van der Waals surface area (Å²) in [5, 5.41) is 0.527. The van der Waals surface area contributed by atoms with Crippen molar-refractivity contribution in [1.29, 1.82) is 0 Å². The largest absolute Gasteiger partial charge is 0.175 e. The summed E-state index contributed by atoms with van der Waals surface area (Å²) in [6.07, 6.45) is 3.60. The Morgan fingerprint density at radius 3 is 2.67 bits per heavy atom. The minimum absolute atomic E-state index is 0.527. The highest BCUT2D eigenvalue weighted by molar-refractivity contribution is 7.81. The lowest BCUT2D eigenvalue weighted by Gasteiger charge is -2.33. The topological polar surface area (TPSA) is 0 Å². The number of allylic oxidation sites excluding steroid dienone is 2. The molecule has 0 saturated carbocycles. The van der Waals surface area contributed by atoms with E-state index in [1.807, 2.05) is 0 Å². The molecule has 1 aliphatic carbocycles. The van der Waals surface area contributed by atoms with Crippen molar-refractivity contribution in [2.24, 2.45) is 11.8 Å². The summed E-state index contributed by atoms with van der Waals surface area (Å²) in [5.41, 5.74) is 2.18. The summed E-state index contributed by atoms with van der Waals surface area (Å²) in [6.45, 7) is 6.78. The number of hydrogen-bond acceptors (Lipinski definition) is 1. The van der Waals surface area contributed by atoms with Crippen LogP contribution < -0.4 is 0 Å². The van der Waals surface area contributed by atoms with Crippen LogP contribution in [0, 0.1) is 11.8 Å². The third-order valence-corrected chi connectivity index (χ3v) is 4.34. The smallest absolute Gasteiger partial charge is 0.0148 e. The maximum Gasteiger partial charge on any atom is 0.0148 e. The van der Waals surface area contributed by atoms with Crippen LogP contribution >= 0.6 is 21.9 Å². The average molecular weight is 202 g/mol. The van der Waals surface area contributed by atoms with E-state index in [1.165, 1.54) is 12.0 Å². The Bertz CT molecular complexity index is 186. The van der Waals surface area contributed by atoms with Crippen LogP contribution in [0.5, 0.6) is 0 Å². The quantitative estimate of drug-likeness (QED) is 0.377. The minimum Gasteiger partial charge on any atom is -0.175 e. The predicted octanol–water partition coefficient (Wildman–Crippen LogP) is 3.15. The summed E-state index contributed by atoms with van der Waals surface area (Å²) in [4.78, 5) is 0. The molecule has 0 saturated heterocycles. The molecule has 0 aromatic carbocycles. The second-order valence-corrected chi connectivity index (χ2v) is 5.65. The summed E-state index contributed by atoms with van der Waals surface area (Å²) < 4.78 is 0. The van der Waals surface area contributed by atoms with E-state index in [4.69, 9.17) is 0 Å².